The monoisotopic (exact) mass is 282 g/mol. The van der Waals surface area contributed by atoms with Crippen LogP contribution >= 0.6 is 0 Å². The van der Waals surface area contributed by atoms with E-state index in [1.54, 1.807) is 24.4 Å². The fraction of sp³-hybridized carbons (Fsp3) is 0.294. The van der Waals surface area contributed by atoms with Crippen molar-refractivity contribution in [1.29, 1.82) is 0 Å². The third-order valence-corrected chi connectivity index (χ3v) is 3.78. The predicted molar refractivity (Wildman–Crippen MR) is 81.3 cm³/mol. The third kappa shape index (κ3) is 3.21. The van der Waals surface area contributed by atoms with Gasteiger partial charge in [0.2, 0.25) is 5.91 Å². The van der Waals surface area contributed by atoms with Gasteiger partial charge in [-0.25, -0.2) is 0 Å². The van der Waals surface area contributed by atoms with Gasteiger partial charge in [0.1, 0.15) is 5.75 Å². The van der Waals surface area contributed by atoms with Gasteiger partial charge in [-0.3, -0.25) is 9.78 Å². The molecular weight excluding hydrogens is 264 g/mol. The molecule has 0 atom stereocenters. The van der Waals surface area contributed by atoms with Crippen molar-refractivity contribution in [3.05, 3.63) is 53.3 Å². The third-order valence-electron chi connectivity index (χ3n) is 3.78. The number of pyridine rings is 1. The lowest BCUT2D eigenvalue weighted by atomic mass is 9.94. The van der Waals surface area contributed by atoms with Gasteiger partial charge in [0, 0.05) is 17.6 Å². The van der Waals surface area contributed by atoms with Gasteiger partial charge in [-0.05, 0) is 55.0 Å². The first-order valence-electron chi connectivity index (χ1n) is 7.27. The summed E-state index contributed by atoms with van der Waals surface area (Å²) in [5.41, 5.74) is 3.96. The number of hydrogen-bond acceptors (Lipinski definition) is 3. The molecule has 21 heavy (non-hydrogen) atoms. The molecule has 1 aromatic carbocycles. The Balaban J connectivity index is 1.73. The van der Waals surface area contributed by atoms with Crippen molar-refractivity contribution >= 4 is 11.6 Å². The highest BCUT2D eigenvalue weighted by Gasteiger charge is 2.15. The fourth-order valence-electron chi connectivity index (χ4n) is 2.79. The largest absolute Gasteiger partial charge is 0.508 e. The number of aromatic hydroxyl groups is 1. The van der Waals surface area contributed by atoms with E-state index in [1.807, 2.05) is 12.1 Å². The van der Waals surface area contributed by atoms with E-state index < -0.39 is 0 Å². The van der Waals surface area contributed by atoms with E-state index >= 15 is 0 Å². The molecule has 0 fully saturated rings. The van der Waals surface area contributed by atoms with Gasteiger partial charge >= 0.3 is 0 Å². The van der Waals surface area contributed by atoms with E-state index in [4.69, 9.17) is 0 Å². The van der Waals surface area contributed by atoms with Crippen LogP contribution in [-0.2, 0) is 24.1 Å². The molecule has 1 amide bonds. The second-order valence-electron chi connectivity index (χ2n) is 5.39. The van der Waals surface area contributed by atoms with Crippen LogP contribution in [0.3, 0.4) is 0 Å². The Morgan fingerprint density at radius 3 is 2.95 bits per heavy atom. The molecule has 3 rings (SSSR count). The summed E-state index contributed by atoms with van der Waals surface area (Å²) in [6, 6.07) is 8.65. The molecule has 1 aromatic heterocycles. The summed E-state index contributed by atoms with van der Waals surface area (Å²) in [7, 11) is 0. The second kappa shape index (κ2) is 5.95. The summed E-state index contributed by atoms with van der Waals surface area (Å²) in [5.74, 6) is 0.112. The Kier molecular flexibility index (Phi) is 3.86. The number of anilines is 1. The number of carbonyl (C=O) groups excluding carboxylic acids is 1. The maximum Gasteiger partial charge on any atom is 0.228 e. The number of rotatable bonds is 3. The number of amides is 1. The van der Waals surface area contributed by atoms with Crippen LogP contribution in [-0.4, -0.2) is 16.0 Å². The van der Waals surface area contributed by atoms with Crippen LogP contribution in [0, 0.1) is 0 Å². The summed E-state index contributed by atoms with van der Waals surface area (Å²) in [4.78, 5) is 16.6. The zero-order valence-corrected chi connectivity index (χ0v) is 11.8. The molecule has 4 heteroatoms. The Morgan fingerprint density at radius 2 is 2.10 bits per heavy atom. The minimum atomic E-state index is -0.0698. The first-order chi connectivity index (χ1) is 10.2. The lowest BCUT2D eigenvalue weighted by molar-refractivity contribution is -0.115. The summed E-state index contributed by atoms with van der Waals surface area (Å²) in [6.07, 6.45) is 6.30. The van der Waals surface area contributed by atoms with Gasteiger partial charge < -0.3 is 10.4 Å². The Bertz CT molecular complexity index is 668. The van der Waals surface area contributed by atoms with Crippen molar-refractivity contribution in [2.75, 3.05) is 5.32 Å². The molecule has 1 heterocycles. The fourth-order valence-corrected chi connectivity index (χ4v) is 2.79. The minimum absolute atomic E-state index is 0.0698. The van der Waals surface area contributed by atoms with Crippen molar-refractivity contribution in [2.24, 2.45) is 0 Å². The summed E-state index contributed by atoms with van der Waals surface area (Å²) >= 11 is 0. The zero-order chi connectivity index (χ0) is 14.7. The quantitative estimate of drug-likeness (QED) is 0.910. The number of aromatic nitrogens is 1. The van der Waals surface area contributed by atoms with Crippen molar-refractivity contribution in [3.8, 4) is 5.75 Å². The molecule has 0 bridgehead atoms. The molecule has 0 radical (unpaired) electrons. The zero-order valence-electron chi connectivity index (χ0n) is 11.8. The number of benzene rings is 1. The minimum Gasteiger partial charge on any atom is -0.508 e. The van der Waals surface area contributed by atoms with Gasteiger partial charge in [0.05, 0.1) is 6.42 Å². The number of nitrogens with one attached hydrogen (secondary N) is 1. The highest BCUT2D eigenvalue weighted by atomic mass is 16.3. The van der Waals surface area contributed by atoms with Crippen molar-refractivity contribution in [2.45, 2.75) is 32.1 Å². The van der Waals surface area contributed by atoms with E-state index in [0.29, 0.717) is 0 Å². The van der Waals surface area contributed by atoms with E-state index in [2.05, 4.69) is 10.3 Å². The SMILES string of the molecule is O=C(Cc1cccc(O)c1)Nc1ccnc2c1CCCC2. The average Bonchev–Trinajstić information content (AvgIpc) is 2.47. The average molecular weight is 282 g/mol. The molecule has 0 spiro atoms. The van der Waals surface area contributed by atoms with E-state index in [9.17, 15) is 9.90 Å². The van der Waals surface area contributed by atoms with Gasteiger partial charge in [0.25, 0.3) is 0 Å². The van der Waals surface area contributed by atoms with E-state index in [1.165, 1.54) is 12.0 Å². The maximum atomic E-state index is 12.2. The number of carbonyl (C=O) groups is 1. The molecular formula is C17H18N2O2. The Morgan fingerprint density at radius 1 is 1.24 bits per heavy atom. The van der Waals surface area contributed by atoms with Crippen LogP contribution in [0.25, 0.3) is 0 Å². The topological polar surface area (TPSA) is 62.2 Å². The number of hydrogen-bond donors (Lipinski definition) is 2. The van der Waals surface area contributed by atoms with Gasteiger partial charge in [-0.1, -0.05) is 12.1 Å². The number of phenolic OH excluding ortho intramolecular Hbond substituents is 1. The van der Waals surface area contributed by atoms with Crippen LogP contribution in [0.5, 0.6) is 5.75 Å². The second-order valence-corrected chi connectivity index (χ2v) is 5.39. The lowest BCUT2D eigenvalue weighted by Crippen LogP contribution is -2.17. The summed E-state index contributed by atoms with van der Waals surface area (Å²) in [6.45, 7) is 0. The molecule has 108 valence electrons. The Hall–Kier alpha value is -2.36. The highest BCUT2D eigenvalue weighted by Crippen LogP contribution is 2.26. The predicted octanol–water partition coefficient (Wildman–Crippen LogP) is 2.85. The van der Waals surface area contributed by atoms with Crippen LogP contribution in [0.1, 0.15) is 29.7 Å². The molecule has 0 saturated heterocycles. The van der Waals surface area contributed by atoms with E-state index in [-0.39, 0.29) is 18.1 Å². The molecule has 0 unspecified atom stereocenters. The smallest absolute Gasteiger partial charge is 0.228 e. The van der Waals surface area contributed by atoms with Gasteiger partial charge in [0.15, 0.2) is 0 Å². The highest BCUT2D eigenvalue weighted by molar-refractivity contribution is 5.93. The van der Waals surface area contributed by atoms with Crippen LogP contribution in [0.15, 0.2) is 36.5 Å². The standard InChI is InChI=1S/C17H18N2O2/c20-13-5-3-4-12(10-13)11-17(21)19-16-8-9-18-15-7-2-1-6-14(15)16/h3-5,8-10,20H,1-2,6-7,11H2,(H,18,19,21). The number of phenols is 1. The number of aryl methyl sites for hydroxylation is 1. The molecule has 1 aliphatic carbocycles. The molecule has 2 N–H and O–H groups in total. The first kappa shape index (κ1) is 13.6. The lowest BCUT2D eigenvalue weighted by Gasteiger charge is -2.18. The van der Waals surface area contributed by atoms with Gasteiger partial charge in [-0.15, -0.1) is 0 Å². The van der Waals surface area contributed by atoms with Crippen LogP contribution in [0.2, 0.25) is 0 Å². The molecule has 0 aliphatic heterocycles. The molecule has 1 aliphatic rings. The van der Waals surface area contributed by atoms with Crippen molar-refractivity contribution in [1.82, 2.24) is 4.98 Å². The maximum absolute atomic E-state index is 12.2. The summed E-state index contributed by atoms with van der Waals surface area (Å²) < 4.78 is 0. The number of fused-ring (bicyclic) bond motifs is 1. The number of nitrogens with zero attached hydrogens (tertiary/aromatic N) is 1. The van der Waals surface area contributed by atoms with Gasteiger partial charge in [-0.2, -0.15) is 0 Å². The van der Waals surface area contributed by atoms with Crippen molar-refractivity contribution < 1.29 is 9.90 Å². The normalized spacial score (nSPS) is 13.5. The molecule has 0 saturated carbocycles. The van der Waals surface area contributed by atoms with Crippen molar-refractivity contribution in [3.63, 3.8) is 0 Å². The first-order valence-corrected chi connectivity index (χ1v) is 7.27. The van der Waals surface area contributed by atoms with Crippen LogP contribution in [0.4, 0.5) is 5.69 Å². The molecule has 4 nitrogen and oxygen atoms in total. The summed E-state index contributed by atoms with van der Waals surface area (Å²) in [5, 5.41) is 12.4. The molecule has 2 aromatic rings. The Labute approximate surface area is 123 Å². The van der Waals surface area contributed by atoms with Crippen LogP contribution < -0.4 is 5.32 Å². The van der Waals surface area contributed by atoms with E-state index in [0.717, 1.165) is 36.2 Å².